The number of hydrogen-bond donors (Lipinski definition) is 2. The minimum atomic E-state index is -0.991. The Morgan fingerprint density at radius 3 is 2.62 bits per heavy atom. The molecule has 0 spiro atoms. The van der Waals surface area contributed by atoms with E-state index in [2.05, 4.69) is 10.4 Å². The summed E-state index contributed by atoms with van der Waals surface area (Å²) in [6, 6.07) is 8.87. The van der Waals surface area contributed by atoms with E-state index in [1.54, 1.807) is 10.9 Å². The van der Waals surface area contributed by atoms with Gasteiger partial charge in [0.1, 0.15) is 6.04 Å². The zero-order chi connectivity index (χ0) is 17.5. The Kier molecular flexibility index (Phi) is 6.12. The summed E-state index contributed by atoms with van der Waals surface area (Å²) in [5.74, 6) is -1.35. The number of aryl methyl sites for hydroxylation is 1. The second-order valence-corrected chi connectivity index (χ2v) is 5.90. The zero-order valence-corrected chi connectivity index (χ0v) is 14.0. The lowest BCUT2D eigenvalue weighted by Crippen LogP contribution is -2.45. The number of para-hydroxylation sites is 1. The Bertz CT molecular complexity index is 682. The molecule has 0 aliphatic carbocycles. The fourth-order valence-electron chi connectivity index (χ4n) is 2.40. The van der Waals surface area contributed by atoms with E-state index in [1.807, 2.05) is 50.4 Å². The lowest BCUT2D eigenvalue weighted by Gasteiger charge is -2.20. The molecule has 2 rings (SSSR count). The van der Waals surface area contributed by atoms with E-state index < -0.39 is 12.0 Å². The van der Waals surface area contributed by atoms with E-state index in [0.29, 0.717) is 12.8 Å². The van der Waals surface area contributed by atoms with Crippen molar-refractivity contribution in [2.45, 2.75) is 39.2 Å². The highest BCUT2D eigenvalue weighted by molar-refractivity contribution is 5.83. The quantitative estimate of drug-likeness (QED) is 0.779. The number of carboxylic acids is 1. The van der Waals surface area contributed by atoms with Crippen molar-refractivity contribution in [2.75, 3.05) is 0 Å². The van der Waals surface area contributed by atoms with Crippen molar-refractivity contribution in [3.05, 3.63) is 48.3 Å². The maximum atomic E-state index is 12.0. The maximum Gasteiger partial charge on any atom is 0.326 e. The largest absolute Gasteiger partial charge is 0.480 e. The molecule has 0 aliphatic rings. The van der Waals surface area contributed by atoms with Crippen molar-refractivity contribution in [1.29, 1.82) is 0 Å². The Hall–Kier alpha value is -2.63. The Morgan fingerprint density at radius 1 is 1.29 bits per heavy atom. The van der Waals surface area contributed by atoms with Crippen molar-refractivity contribution in [3.8, 4) is 5.69 Å². The third-order valence-corrected chi connectivity index (χ3v) is 4.09. The van der Waals surface area contributed by atoms with E-state index in [4.69, 9.17) is 0 Å². The SMILES string of the molecule is CC[C@H](C)[C@H](NC(=O)CCc1cnn(-c2ccccc2)c1)C(=O)O. The lowest BCUT2D eigenvalue weighted by atomic mass is 9.99. The van der Waals surface area contributed by atoms with Crippen molar-refractivity contribution in [1.82, 2.24) is 15.1 Å². The molecule has 0 saturated heterocycles. The molecule has 1 amide bonds. The van der Waals surface area contributed by atoms with Crippen LogP contribution in [0.1, 0.15) is 32.3 Å². The van der Waals surface area contributed by atoms with Crippen molar-refractivity contribution in [2.24, 2.45) is 5.92 Å². The molecule has 0 fully saturated rings. The van der Waals surface area contributed by atoms with Crippen molar-refractivity contribution >= 4 is 11.9 Å². The Balaban J connectivity index is 1.90. The van der Waals surface area contributed by atoms with Crippen LogP contribution in [0.15, 0.2) is 42.7 Å². The van der Waals surface area contributed by atoms with Gasteiger partial charge in [-0.05, 0) is 30.0 Å². The first-order valence-electron chi connectivity index (χ1n) is 8.12. The highest BCUT2D eigenvalue weighted by Gasteiger charge is 2.24. The number of benzene rings is 1. The summed E-state index contributed by atoms with van der Waals surface area (Å²) in [6.45, 7) is 3.73. The third-order valence-electron chi connectivity index (χ3n) is 4.09. The van der Waals surface area contributed by atoms with Gasteiger partial charge in [0.25, 0.3) is 0 Å². The summed E-state index contributed by atoms with van der Waals surface area (Å²) in [6.07, 6.45) is 5.06. The first kappa shape index (κ1) is 17.7. The normalized spacial score (nSPS) is 13.2. The second kappa shape index (κ2) is 8.29. The topological polar surface area (TPSA) is 84.2 Å². The van der Waals surface area contributed by atoms with Crippen LogP contribution in [0.25, 0.3) is 5.69 Å². The Morgan fingerprint density at radius 2 is 2.00 bits per heavy atom. The molecule has 0 bridgehead atoms. The van der Waals surface area contributed by atoms with Crippen LogP contribution in [0.2, 0.25) is 0 Å². The minimum Gasteiger partial charge on any atom is -0.480 e. The van der Waals surface area contributed by atoms with Gasteiger partial charge in [-0.2, -0.15) is 5.10 Å². The number of rotatable bonds is 8. The summed E-state index contributed by atoms with van der Waals surface area (Å²) in [5, 5.41) is 16.1. The molecule has 2 aromatic rings. The van der Waals surface area contributed by atoms with Gasteiger partial charge >= 0.3 is 5.97 Å². The number of nitrogens with one attached hydrogen (secondary N) is 1. The molecule has 1 aromatic heterocycles. The molecule has 6 nitrogen and oxygen atoms in total. The number of amides is 1. The van der Waals surface area contributed by atoms with Crippen LogP contribution in [0.3, 0.4) is 0 Å². The van der Waals surface area contributed by atoms with Gasteiger partial charge in [-0.1, -0.05) is 38.5 Å². The van der Waals surface area contributed by atoms with Gasteiger partial charge in [-0.3, -0.25) is 4.79 Å². The van der Waals surface area contributed by atoms with Gasteiger partial charge < -0.3 is 10.4 Å². The second-order valence-electron chi connectivity index (χ2n) is 5.90. The zero-order valence-electron chi connectivity index (χ0n) is 14.0. The predicted molar refractivity (Wildman–Crippen MR) is 90.9 cm³/mol. The lowest BCUT2D eigenvalue weighted by molar-refractivity contribution is -0.143. The maximum absolute atomic E-state index is 12.0. The standard InChI is InChI=1S/C18H23N3O3/c1-3-13(2)17(18(23)24)20-16(22)10-9-14-11-19-21(12-14)15-7-5-4-6-8-15/h4-8,11-13,17H,3,9-10H2,1-2H3,(H,20,22)(H,23,24)/t13-,17-/m0/s1. The van der Waals surface area contributed by atoms with E-state index in [0.717, 1.165) is 11.3 Å². The summed E-state index contributed by atoms with van der Waals surface area (Å²) >= 11 is 0. The van der Waals surface area contributed by atoms with E-state index in [-0.39, 0.29) is 18.2 Å². The van der Waals surface area contributed by atoms with Crippen LogP contribution in [0.5, 0.6) is 0 Å². The summed E-state index contributed by atoms with van der Waals surface area (Å²) in [4.78, 5) is 23.3. The molecule has 1 heterocycles. The van der Waals surface area contributed by atoms with Crippen LogP contribution < -0.4 is 5.32 Å². The molecule has 2 N–H and O–H groups in total. The van der Waals surface area contributed by atoms with Crippen LogP contribution in [0.4, 0.5) is 0 Å². The number of carbonyl (C=O) groups is 2. The van der Waals surface area contributed by atoms with Crippen LogP contribution in [0, 0.1) is 5.92 Å². The van der Waals surface area contributed by atoms with Gasteiger partial charge in [-0.15, -0.1) is 0 Å². The van der Waals surface area contributed by atoms with Gasteiger partial charge in [0.05, 0.1) is 11.9 Å². The van der Waals surface area contributed by atoms with Gasteiger partial charge in [0.15, 0.2) is 0 Å². The van der Waals surface area contributed by atoms with Crippen LogP contribution in [-0.4, -0.2) is 32.8 Å². The average molecular weight is 329 g/mol. The van der Waals surface area contributed by atoms with Gasteiger partial charge in [0, 0.05) is 12.6 Å². The molecule has 6 heteroatoms. The molecule has 0 saturated carbocycles. The molecule has 0 radical (unpaired) electrons. The summed E-state index contributed by atoms with van der Waals surface area (Å²) < 4.78 is 1.76. The van der Waals surface area contributed by atoms with E-state index in [9.17, 15) is 14.7 Å². The molecule has 1 aromatic carbocycles. The van der Waals surface area contributed by atoms with Crippen molar-refractivity contribution in [3.63, 3.8) is 0 Å². The summed E-state index contributed by atoms with van der Waals surface area (Å²) in [5.41, 5.74) is 1.89. The number of aromatic nitrogens is 2. The van der Waals surface area contributed by atoms with E-state index >= 15 is 0 Å². The number of nitrogens with zero attached hydrogens (tertiary/aromatic N) is 2. The Labute approximate surface area is 141 Å². The highest BCUT2D eigenvalue weighted by atomic mass is 16.4. The molecular formula is C18H23N3O3. The highest BCUT2D eigenvalue weighted by Crippen LogP contribution is 2.11. The van der Waals surface area contributed by atoms with Gasteiger partial charge in [-0.25, -0.2) is 9.48 Å². The predicted octanol–water partition coefficient (Wildman–Crippen LogP) is 2.42. The van der Waals surface area contributed by atoms with Gasteiger partial charge in [0.2, 0.25) is 5.91 Å². The van der Waals surface area contributed by atoms with Crippen LogP contribution in [-0.2, 0) is 16.0 Å². The van der Waals surface area contributed by atoms with Crippen LogP contribution >= 0.6 is 0 Å². The van der Waals surface area contributed by atoms with Crippen molar-refractivity contribution < 1.29 is 14.7 Å². The fourth-order valence-corrected chi connectivity index (χ4v) is 2.40. The molecule has 0 unspecified atom stereocenters. The number of carboxylic acid groups (broad SMARTS) is 1. The first-order chi connectivity index (χ1) is 11.5. The molecular weight excluding hydrogens is 306 g/mol. The fraction of sp³-hybridized carbons (Fsp3) is 0.389. The average Bonchev–Trinajstić information content (AvgIpc) is 3.06. The third kappa shape index (κ3) is 4.68. The molecule has 24 heavy (non-hydrogen) atoms. The first-order valence-corrected chi connectivity index (χ1v) is 8.12. The molecule has 128 valence electrons. The smallest absolute Gasteiger partial charge is 0.326 e. The number of aliphatic carboxylic acids is 1. The number of hydrogen-bond acceptors (Lipinski definition) is 3. The molecule has 2 atom stereocenters. The summed E-state index contributed by atoms with van der Waals surface area (Å²) in [7, 11) is 0. The number of carbonyl (C=O) groups excluding carboxylic acids is 1. The minimum absolute atomic E-state index is 0.104. The monoisotopic (exact) mass is 329 g/mol. The molecule has 0 aliphatic heterocycles. The van der Waals surface area contributed by atoms with E-state index in [1.165, 1.54) is 0 Å².